The normalized spacial score (nSPS) is 12.7. The first-order valence-electron chi connectivity index (χ1n) is 4.51. The summed E-state index contributed by atoms with van der Waals surface area (Å²) in [5.41, 5.74) is 2.49. The van der Waals surface area contributed by atoms with Crippen LogP contribution in [0.5, 0.6) is 0 Å². The Bertz CT molecular complexity index is 467. The van der Waals surface area contributed by atoms with Gasteiger partial charge in [-0.2, -0.15) is 0 Å². The van der Waals surface area contributed by atoms with Crippen molar-refractivity contribution in [2.75, 3.05) is 0 Å². The summed E-state index contributed by atoms with van der Waals surface area (Å²) in [6.45, 7) is 1.94. The van der Waals surface area contributed by atoms with Crippen LogP contribution >= 0.6 is 15.9 Å². The summed E-state index contributed by atoms with van der Waals surface area (Å²) in [6.07, 6.45) is 4.23. The topological polar surface area (TPSA) is 46.3 Å². The third kappa shape index (κ3) is 2.11. The number of hydrogen-bond acceptors (Lipinski definition) is 3. The Labute approximate surface area is 95.9 Å². The van der Waals surface area contributed by atoms with E-state index in [4.69, 9.17) is 4.42 Å². The minimum absolute atomic E-state index is 0.552. The van der Waals surface area contributed by atoms with Crippen LogP contribution < -0.4 is 0 Å². The fourth-order valence-electron chi connectivity index (χ4n) is 1.41. The number of hydrogen-bond donors (Lipinski definition) is 1. The number of pyridine rings is 1. The standard InChI is InChI=1S/C11H10BrNO2/c1-7-4-8(6-13-5-7)10(14)9-2-3-15-11(9)12/h2-6,10,14H,1H3. The number of halogens is 1. The lowest BCUT2D eigenvalue weighted by Crippen LogP contribution is -1.99. The van der Waals surface area contributed by atoms with E-state index in [-0.39, 0.29) is 0 Å². The molecule has 0 bridgehead atoms. The highest BCUT2D eigenvalue weighted by atomic mass is 79.9. The van der Waals surface area contributed by atoms with Crippen molar-refractivity contribution in [3.05, 3.63) is 52.1 Å². The van der Waals surface area contributed by atoms with Crippen LogP contribution in [0.3, 0.4) is 0 Å². The van der Waals surface area contributed by atoms with Gasteiger partial charge in [0, 0.05) is 23.5 Å². The van der Waals surface area contributed by atoms with Gasteiger partial charge in [-0.3, -0.25) is 4.98 Å². The molecule has 0 aliphatic rings. The third-order valence-electron chi connectivity index (χ3n) is 2.15. The summed E-state index contributed by atoms with van der Waals surface area (Å²) >= 11 is 3.24. The maximum Gasteiger partial charge on any atom is 0.175 e. The van der Waals surface area contributed by atoms with Crippen molar-refractivity contribution in [3.8, 4) is 0 Å². The third-order valence-corrected chi connectivity index (χ3v) is 2.80. The van der Waals surface area contributed by atoms with Gasteiger partial charge >= 0.3 is 0 Å². The lowest BCUT2D eigenvalue weighted by atomic mass is 10.1. The first-order valence-corrected chi connectivity index (χ1v) is 5.30. The molecule has 2 rings (SSSR count). The molecule has 1 atom stereocenters. The number of aliphatic hydroxyl groups excluding tert-OH is 1. The van der Waals surface area contributed by atoms with Crippen molar-refractivity contribution < 1.29 is 9.52 Å². The maximum absolute atomic E-state index is 10.1. The van der Waals surface area contributed by atoms with E-state index in [1.54, 1.807) is 18.5 Å². The van der Waals surface area contributed by atoms with Crippen LogP contribution in [0.1, 0.15) is 22.8 Å². The van der Waals surface area contributed by atoms with Crippen LogP contribution in [0.2, 0.25) is 0 Å². The summed E-state index contributed by atoms with van der Waals surface area (Å²) < 4.78 is 5.63. The smallest absolute Gasteiger partial charge is 0.175 e. The first kappa shape index (κ1) is 10.4. The lowest BCUT2D eigenvalue weighted by Gasteiger charge is -2.09. The largest absolute Gasteiger partial charge is 0.457 e. The van der Waals surface area contributed by atoms with Gasteiger partial charge in [0.15, 0.2) is 4.67 Å². The van der Waals surface area contributed by atoms with Gasteiger partial charge in [0.1, 0.15) is 6.10 Å². The number of rotatable bonds is 2. The number of aliphatic hydroxyl groups is 1. The Kier molecular flexibility index (Phi) is 2.88. The van der Waals surface area contributed by atoms with E-state index in [1.807, 2.05) is 13.0 Å². The van der Waals surface area contributed by atoms with Crippen molar-refractivity contribution in [2.45, 2.75) is 13.0 Å². The van der Waals surface area contributed by atoms with Gasteiger partial charge in [-0.15, -0.1) is 0 Å². The van der Waals surface area contributed by atoms with Gasteiger partial charge < -0.3 is 9.52 Å². The van der Waals surface area contributed by atoms with Crippen LogP contribution in [0.25, 0.3) is 0 Å². The van der Waals surface area contributed by atoms with Crippen molar-refractivity contribution in [1.29, 1.82) is 0 Å². The van der Waals surface area contributed by atoms with Crippen LogP contribution in [0, 0.1) is 6.92 Å². The van der Waals surface area contributed by atoms with Crippen LogP contribution in [-0.2, 0) is 0 Å². The van der Waals surface area contributed by atoms with E-state index in [2.05, 4.69) is 20.9 Å². The molecule has 1 N–H and O–H groups in total. The first-order chi connectivity index (χ1) is 7.18. The molecule has 78 valence electrons. The molecule has 15 heavy (non-hydrogen) atoms. The average molecular weight is 268 g/mol. The Morgan fingerprint density at radius 3 is 2.87 bits per heavy atom. The van der Waals surface area contributed by atoms with Crippen LogP contribution in [0.15, 0.2) is 39.9 Å². The fourth-order valence-corrected chi connectivity index (χ4v) is 1.86. The van der Waals surface area contributed by atoms with Gasteiger partial charge in [-0.25, -0.2) is 0 Å². The van der Waals surface area contributed by atoms with E-state index in [9.17, 15) is 5.11 Å². The van der Waals surface area contributed by atoms with Gasteiger partial charge in [-0.05, 0) is 34.5 Å². The molecule has 0 saturated heterocycles. The minimum Gasteiger partial charge on any atom is -0.457 e. The summed E-state index contributed by atoms with van der Waals surface area (Å²) in [5.74, 6) is 0. The predicted octanol–water partition coefficient (Wildman–Crippen LogP) is 2.83. The molecule has 0 fully saturated rings. The zero-order valence-electron chi connectivity index (χ0n) is 8.14. The minimum atomic E-state index is -0.703. The van der Waals surface area contributed by atoms with Gasteiger partial charge in [0.25, 0.3) is 0 Å². The highest BCUT2D eigenvalue weighted by molar-refractivity contribution is 9.10. The number of aromatic nitrogens is 1. The summed E-state index contributed by atoms with van der Waals surface area (Å²) in [6, 6.07) is 3.63. The molecule has 2 heterocycles. The predicted molar refractivity (Wildman–Crippen MR) is 59.4 cm³/mol. The quantitative estimate of drug-likeness (QED) is 0.910. The molecule has 0 amide bonds. The Hall–Kier alpha value is -1.13. The number of nitrogens with zero attached hydrogens (tertiary/aromatic N) is 1. The van der Waals surface area contributed by atoms with Crippen LogP contribution in [0.4, 0.5) is 0 Å². The van der Waals surface area contributed by atoms with E-state index >= 15 is 0 Å². The molecular formula is C11H10BrNO2. The zero-order chi connectivity index (χ0) is 10.8. The van der Waals surface area contributed by atoms with Crippen molar-refractivity contribution in [3.63, 3.8) is 0 Å². The second-order valence-electron chi connectivity index (χ2n) is 3.35. The molecule has 0 spiro atoms. The number of aryl methyl sites for hydroxylation is 1. The Balaban J connectivity index is 2.36. The fraction of sp³-hybridized carbons (Fsp3) is 0.182. The van der Waals surface area contributed by atoms with Crippen molar-refractivity contribution in [1.82, 2.24) is 4.98 Å². The zero-order valence-corrected chi connectivity index (χ0v) is 9.73. The molecule has 0 aromatic carbocycles. The molecule has 0 aliphatic carbocycles. The Morgan fingerprint density at radius 1 is 1.47 bits per heavy atom. The molecule has 0 aliphatic heterocycles. The van der Waals surface area contributed by atoms with Crippen LogP contribution in [-0.4, -0.2) is 10.1 Å². The highest BCUT2D eigenvalue weighted by Crippen LogP contribution is 2.29. The molecule has 0 radical (unpaired) electrons. The number of furan rings is 1. The summed E-state index contributed by atoms with van der Waals surface area (Å²) in [5, 5.41) is 10.1. The molecule has 3 nitrogen and oxygen atoms in total. The molecule has 1 unspecified atom stereocenters. The highest BCUT2D eigenvalue weighted by Gasteiger charge is 2.15. The molecule has 2 aromatic rings. The van der Waals surface area contributed by atoms with Gasteiger partial charge in [0.2, 0.25) is 0 Å². The lowest BCUT2D eigenvalue weighted by molar-refractivity contribution is 0.217. The van der Waals surface area contributed by atoms with Gasteiger partial charge in [0.05, 0.1) is 6.26 Å². The second-order valence-corrected chi connectivity index (χ2v) is 4.07. The van der Waals surface area contributed by atoms with E-state index in [1.165, 1.54) is 6.26 Å². The monoisotopic (exact) mass is 267 g/mol. The molecule has 2 aromatic heterocycles. The van der Waals surface area contributed by atoms with E-state index < -0.39 is 6.10 Å². The van der Waals surface area contributed by atoms with E-state index in [0.29, 0.717) is 10.2 Å². The molecular weight excluding hydrogens is 258 g/mol. The molecule has 4 heteroatoms. The summed E-state index contributed by atoms with van der Waals surface area (Å²) in [7, 11) is 0. The Morgan fingerprint density at radius 2 is 2.27 bits per heavy atom. The maximum atomic E-state index is 10.1. The van der Waals surface area contributed by atoms with Crippen molar-refractivity contribution in [2.24, 2.45) is 0 Å². The van der Waals surface area contributed by atoms with E-state index in [0.717, 1.165) is 11.1 Å². The SMILES string of the molecule is Cc1cncc(C(O)c2ccoc2Br)c1. The average Bonchev–Trinajstić information content (AvgIpc) is 2.63. The van der Waals surface area contributed by atoms with Crippen molar-refractivity contribution >= 4 is 15.9 Å². The summed E-state index contributed by atoms with van der Waals surface area (Å²) in [4.78, 5) is 4.04. The van der Waals surface area contributed by atoms with Gasteiger partial charge in [-0.1, -0.05) is 6.07 Å². The molecule has 0 saturated carbocycles. The second kappa shape index (κ2) is 4.16.